The van der Waals surface area contributed by atoms with Crippen LogP contribution in [0.4, 0.5) is 13.2 Å². The zero-order valence-electron chi connectivity index (χ0n) is 16.8. The predicted molar refractivity (Wildman–Crippen MR) is 95.5 cm³/mol. The summed E-state index contributed by atoms with van der Waals surface area (Å²) in [7, 11) is -1.25. The number of halogens is 3. The van der Waals surface area contributed by atoms with Gasteiger partial charge >= 0.3 is 12.1 Å². The van der Waals surface area contributed by atoms with Crippen molar-refractivity contribution >= 4 is 25.9 Å². The van der Waals surface area contributed by atoms with E-state index in [9.17, 15) is 27.9 Å². The van der Waals surface area contributed by atoms with Crippen molar-refractivity contribution in [2.45, 2.75) is 76.7 Å². The maximum absolute atomic E-state index is 12.0. The van der Waals surface area contributed by atoms with Crippen LogP contribution in [0.5, 0.6) is 0 Å². The van der Waals surface area contributed by atoms with Crippen molar-refractivity contribution < 1.29 is 48.6 Å². The van der Waals surface area contributed by atoms with E-state index < -0.39 is 50.3 Å². The van der Waals surface area contributed by atoms with Crippen LogP contribution in [0.2, 0.25) is 25.7 Å². The van der Waals surface area contributed by atoms with Gasteiger partial charge < -0.3 is 31.2 Å². The van der Waals surface area contributed by atoms with Crippen LogP contribution < -0.4 is 16.2 Å². The molecule has 0 fully saturated rings. The van der Waals surface area contributed by atoms with Crippen molar-refractivity contribution in [2.75, 3.05) is 0 Å². The van der Waals surface area contributed by atoms with Gasteiger partial charge in [0.05, 0.1) is 0 Å². The van der Waals surface area contributed by atoms with Crippen LogP contribution in [0, 0.1) is 5.92 Å². The molecule has 0 bridgehead atoms. The van der Waals surface area contributed by atoms with Gasteiger partial charge in [-0.05, 0) is 12.3 Å². The molecule has 0 aromatic carbocycles. The first-order valence-electron chi connectivity index (χ1n) is 8.71. The first kappa shape index (κ1) is 28.5. The van der Waals surface area contributed by atoms with Crippen molar-refractivity contribution in [3.63, 3.8) is 0 Å². The molecule has 0 aliphatic heterocycles. The highest BCUT2D eigenvalue weighted by molar-refractivity contribution is 6.76. The largest absolute Gasteiger partial charge is 0.542 e. The van der Waals surface area contributed by atoms with E-state index in [2.05, 4.69) is 30.7 Å². The Balaban J connectivity index is 0. The molecule has 6 N–H and O–H groups in total. The Hall–Kier alpha value is -1.66. The molecule has 0 aliphatic carbocycles. The van der Waals surface area contributed by atoms with Gasteiger partial charge in [-0.1, -0.05) is 39.5 Å². The molecule has 3 atom stereocenters. The van der Waals surface area contributed by atoms with E-state index in [1.54, 1.807) is 0 Å². The molecule has 8 nitrogen and oxygen atoms in total. The number of carboxylic acid groups (broad SMARTS) is 2. The Morgan fingerprint density at radius 1 is 1.18 bits per heavy atom. The SMILES string of the molecule is CC(C)C[C@H](NC(=O)[C@@H](O)[C@H]([NH3+])CC[Si](C)(C)C)C(=O)O.O=C([O-])C(F)(F)F. The number of aliphatic carboxylic acids is 2. The fourth-order valence-electron chi connectivity index (χ4n) is 1.94. The standard InChI is InChI=1S/C14H30N2O4Si.C2HF3O2/c1-9(2)8-11(14(19)20)16-13(18)12(17)10(15)6-7-21(3,4)5;3-2(4,5)1(6)7/h9-12,17H,6-8,15H2,1-5H3,(H,16,18)(H,19,20);(H,6,7)/t10-,11+,12+;/m1./s1. The number of nitrogens with one attached hydrogen (secondary N) is 1. The molecule has 1 amide bonds. The van der Waals surface area contributed by atoms with Crippen molar-refractivity contribution in [1.29, 1.82) is 0 Å². The van der Waals surface area contributed by atoms with Gasteiger partial charge in [-0.15, -0.1) is 0 Å². The molecule has 0 unspecified atom stereocenters. The molecule has 0 heterocycles. The molecule has 0 spiro atoms. The van der Waals surface area contributed by atoms with Gasteiger partial charge in [0.25, 0.3) is 5.91 Å². The summed E-state index contributed by atoms with van der Waals surface area (Å²) < 4.78 is 31.5. The molecule has 28 heavy (non-hydrogen) atoms. The molecule has 12 heteroatoms. The minimum Gasteiger partial charge on any atom is -0.542 e. The number of alkyl halides is 3. The third-order valence-electron chi connectivity index (χ3n) is 3.53. The summed E-state index contributed by atoms with van der Waals surface area (Å²) in [6.45, 7) is 10.4. The second kappa shape index (κ2) is 12.0. The van der Waals surface area contributed by atoms with E-state index >= 15 is 0 Å². The van der Waals surface area contributed by atoms with Crippen LogP contribution in [0.15, 0.2) is 0 Å². The number of carbonyl (C=O) groups excluding carboxylic acids is 2. The summed E-state index contributed by atoms with van der Waals surface area (Å²) >= 11 is 0. The molecule has 0 rings (SSSR count). The second-order valence-electron chi connectivity index (χ2n) is 8.12. The fourth-order valence-corrected chi connectivity index (χ4v) is 3.18. The van der Waals surface area contributed by atoms with Gasteiger partial charge in [0.2, 0.25) is 0 Å². The number of amides is 1. The van der Waals surface area contributed by atoms with Gasteiger partial charge in [-0.25, -0.2) is 4.79 Å². The zero-order chi connectivity index (χ0) is 22.9. The Kier molecular flexibility index (Phi) is 12.3. The van der Waals surface area contributed by atoms with Crippen molar-refractivity contribution in [1.82, 2.24) is 5.32 Å². The maximum atomic E-state index is 12.0. The smallest absolute Gasteiger partial charge is 0.430 e. The molecule has 0 saturated heterocycles. The van der Waals surface area contributed by atoms with Crippen LogP contribution in [0.1, 0.15) is 26.7 Å². The quantitative estimate of drug-likeness (QED) is 0.364. The number of hydrogen-bond donors (Lipinski definition) is 4. The van der Waals surface area contributed by atoms with Crippen LogP contribution >= 0.6 is 0 Å². The lowest BCUT2D eigenvalue weighted by atomic mass is 10.0. The number of carboxylic acids is 2. The van der Waals surface area contributed by atoms with E-state index in [1.807, 2.05) is 13.8 Å². The Morgan fingerprint density at radius 3 is 1.89 bits per heavy atom. The van der Waals surface area contributed by atoms with Crippen molar-refractivity contribution in [2.24, 2.45) is 5.92 Å². The number of aliphatic hydroxyl groups excluding tert-OH is 1. The van der Waals surface area contributed by atoms with Crippen LogP contribution in [-0.4, -0.2) is 60.5 Å². The van der Waals surface area contributed by atoms with Gasteiger partial charge in [-0.2, -0.15) is 13.2 Å². The van der Waals surface area contributed by atoms with E-state index in [4.69, 9.17) is 15.0 Å². The highest BCUT2D eigenvalue weighted by Gasteiger charge is 2.31. The zero-order valence-corrected chi connectivity index (χ0v) is 17.8. The number of carbonyl (C=O) groups is 3. The van der Waals surface area contributed by atoms with Gasteiger partial charge in [0.15, 0.2) is 6.10 Å². The van der Waals surface area contributed by atoms with Crippen molar-refractivity contribution in [3.8, 4) is 0 Å². The third kappa shape index (κ3) is 14.4. The van der Waals surface area contributed by atoms with E-state index in [-0.39, 0.29) is 5.92 Å². The molecule has 0 aromatic heterocycles. The summed E-state index contributed by atoms with van der Waals surface area (Å²) in [5.74, 6) is -4.58. The average Bonchev–Trinajstić information content (AvgIpc) is 2.49. The topological polar surface area (TPSA) is 154 Å². The van der Waals surface area contributed by atoms with Gasteiger partial charge in [0, 0.05) is 14.5 Å². The van der Waals surface area contributed by atoms with Crippen LogP contribution in [0.3, 0.4) is 0 Å². The van der Waals surface area contributed by atoms with Crippen LogP contribution in [-0.2, 0) is 14.4 Å². The highest BCUT2D eigenvalue weighted by Crippen LogP contribution is 2.13. The predicted octanol–water partition coefficient (Wildman–Crippen LogP) is -0.400. The van der Waals surface area contributed by atoms with E-state index in [1.165, 1.54) is 0 Å². The molecule has 0 aliphatic rings. The Labute approximate surface area is 163 Å². The fraction of sp³-hybridized carbons (Fsp3) is 0.812. The highest BCUT2D eigenvalue weighted by atomic mass is 28.3. The number of rotatable bonds is 9. The summed E-state index contributed by atoms with van der Waals surface area (Å²) in [5, 5.41) is 30.3. The van der Waals surface area contributed by atoms with Crippen molar-refractivity contribution in [3.05, 3.63) is 0 Å². The van der Waals surface area contributed by atoms with Crippen LogP contribution in [0.25, 0.3) is 0 Å². The Morgan fingerprint density at radius 2 is 1.61 bits per heavy atom. The summed E-state index contributed by atoms with van der Waals surface area (Å²) in [6.07, 6.45) is -5.44. The summed E-state index contributed by atoms with van der Waals surface area (Å²) in [4.78, 5) is 31.9. The Bertz CT molecular complexity index is 523. The minimum atomic E-state index is -5.19. The number of quaternary nitrogens is 1. The van der Waals surface area contributed by atoms with Gasteiger partial charge in [0.1, 0.15) is 18.1 Å². The molecular formula is C16H31F3N2O6Si. The number of hydrogen-bond acceptors (Lipinski definition) is 5. The first-order valence-corrected chi connectivity index (χ1v) is 12.4. The monoisotopic (exact) mass is 432 g/mol. The third-order valence-corrected chi connectivity index (χ3v) is 5.32. The normalized spacial score (nSPS) is 15.1. The summed E-state index contributed by atoms with van der Waals surface area (Å²) in [5.41, 5.74) is 3.84. The molecule has 0 radical (unpaired) electrons. The summed E-state index contributed by atoms with van der Waals surface area (Å²) in [6, 6.07) is -0.401. The average molecular weight is 433 g/mol. The first-order chi connectivity index (χ1) is 12.4. The lowest BCUT2D eigenvalue weighted by Crippen LogP contribution is -2.69. The minimum absolute atomic E-state index is 0.144. The van der Waals surface area contributed by atoms with E-state index in [0.29, 0.717) is 12.8 Å². The lowest BCUT2D eigenvalue weighted by molar-refractivity contribution is -0.433. The molecule has 0 aromatic rings. The maximum Gasteiger partial charge on any atom is 0.430 e. The second-order valence-corrected chi connectivity index (χ2v) is 13.7. The van der Waals surface area contributed by atoms with Gasteiger partial charge in [-0.3, -0.25) is 4.79 Å². The molecule has 166 valence electrons. The molecular weight excluding hydrogens is 401 g/mol. The molecule has 0 saturated carbocycles. The number of aliphatic hydroxyl groups is 1. The lowest BCUT2D eigenvalue weighted by Gasteiger charge is -2.22. The van der Waals surface area contributed by atoms with E-state index in [0.717, 1.165) is 6.04 Å².